The average Bonchev–Trinajstić information content (AvgIpc) is 2.87. The molecule has 0 fully saturated rings. The monoisotopic (exact) mass is 268 g/mol. The number of amidine groups is 2. The van der Waals surface area contributed by atoms with Crippen LogP contribution in [-0.4, -0.2) is 28.1 Å². The Morgan fingerprint density at radius 1 is 1.59 bits per heavy atom. The summed E-state index contributed by atoms with van der Waals surface area (Å²) in [5, 5.41) is 7.52. The molecule has 0 radical (unpaired) electrons. The van der Waals surface area contributed by atoms with Crippen molar-refractivity contribution in [3.63, 3.8) is 0 Å². The van der Waals surface area contributed by atoms with Crippen molar-refractivity contribution in [3.8, 4) is 0 Å². The van der Waals surface area contributed by atoms with Gasteiger partial charge in [-0.25, -0.2) is 9.98 Å². The Morgan fingerprint density at radius 2 is 2.41 bits per heavy atom. The molecule has 6 heteroatoms. The van der Waals surface area contributed by atoms with Crippen molar-refractivity contribution in [2.45, 2.75) is 19.4 Å². The molecule has 1 aromatic heterocycles. The number of nitrogens with zero attached hydrogens (tertiary/aromatic N) is 3. The fraction of sp³-hybridized carbons (Fsp3) is 0.364. The standard InChI is InChI=1S/C11H13ClN4S/c1-2-5-16(10-4-3-9(13)15-10)7-8-6-14-11(12)17-8/h2,6,13H,1,3-5,7H2. The van der Waals surface area contributed by atoms with Crippen LogP contribution >= 0.6 is 22.9 Å². The fourth-order valence-electron chi connectivity index (χ4n) is 1.69. The van der Waals surface area contributed by atoms with E-state index in [0.29, 0.717) is 10.3 Å². The van der Waals surface area contributed by atoms with Gasteiger partial charge in [0.2, 0.25) is 0 Å². The number of hydrogen-bond donors (Lipinski definition) is 1. The van der Waals surface area contributed by atoms with Crippen molar-refractivity contribution in [1.29, 1.82) is 5.41 Å². The Kier molecular flexibility index (Phi) is 3.91. The highest BCUT2D eigenvalue weighted by Gasteiger charge is 2.18. The molecule has 0 aromatic carbocycles. The molecule has 2 rings (SSSR count). The van der Waals surface area contributed by atoms with E-state index >= 15 is 0 Å². The number of thiazole rings is 1. The summed E-state index contributed by atoms with van der Waals surface area (Å²) in [6, 6.07) is 0. The van der Waals surface area contributed by atoms with Crippen LogP contribution in [0.25, 0.3) is 0 Å². The van der Waals surface area contributed by atoms with Gasteiger partial charge in [-0.05, 0) is 0 Å². The van der Waals surface area contributed by atoms with Crippen molar-refractivity contribution in [3.05, 3.63) is 28.2 Å². The van der Waals surface area contributed by atoms with E-state index in [0.717, 1.165) is 36.6 Å². The summed E-state index contributed by atoms with van der Waals surface area (Å²) in [6.45, 7) is 5.20. The van der Waals surface area contributed by atoms with Gasteiger partial charge in [-0.15, -0.1) is 17.9 Å². The van der Waals surface area contributed by atoms with Crippen LogP contribution in [0.15, 0.2) is 23.8 Å². The van der Waals surface area contributed by atoms with Gasteiger partial charge in [-0.3, -0.25) is 5.41 Å². The first-order valence-corrected chi connectivity index (χ1v) is 6.49. The van der Waals surface area contributed by atoms with E-state index in [4.69, 9.17) is 17.0 Å². The zero-order valence-electron chi connectivity index (χ0n) is 9.32. The molecule has 17 heavy (non-hydrogen) atoms. The van der Waals surface area contributed by atoms with Crippen molar-refractivity contribution in [2.75, 3.05) is 6.54 Å². The SMILES string of the molecule is C=CCN(Cc1cnc(Cl)s1)C1=NC(=N)CC1. The summed E-state index contributed by atoms with van der Waals surface area (Å²) in [7, 11) is 0. The van der Waals surface area contributed by atoms with E-state index in [2.05, 4.69) is 21.5 Å². The molecule has 2 heterocycles. The molecule has 0 bridgehead atoms. The molecule has 0 saturated heterocycles. The van der Waals surface area contributed by atoms with E-state index in [1.165, 1.54) is 11.3 Å². The van der Waals surface area contributed by atoms with Gasteiger partial charge in [-0.1, -0.05) is 17.7 Å². The summed E-state index contributed by atoms with van der Waals surface area (Å²) in [5.41, 5.74) is 0. The second kappa shape index (κ2) is 5.42. The van der Waals surface area contributed by atoms with Gasteiger partial charge in [-0.2, -0.15) is 0 Å². The van der Waals surface area contributed by atoms with Gasteiger partial charge >= 0.3 is 0 Å². The van der Waals surface area contributed by atoms with Crippen LogP contribution < -0.4 is 0 Å². The van der Waals surface area contributed by atoms with Crippen molar-refractivity contribution in [2.24, 2.45) is 4.99 Å². The zero-order valence-corrected chi connectivity index (χ0v) is 10.9. The Balaban J connectivity index is 2.09. The number of rotatable bonds is 4. The lowest BCUT2D eigenvalue weighted by molar-refractivity contribution is 0.454. The van der Waals surface area contributed by atoms with Crippen molar-refractivity contribution >= 4 is 34.6 Å². The summed E-state index contributed by atoms with van der Waals surface area (Å²) < 4.78 is 0.555. The summed E-state index contributed by atoms with van der Waals surface area (Å²) in [5.74, 6) is 1.41. The number of nitrogens with one attached hydrogen (secondary N) is 1. The highest BCUT2D eigenvalue weighted by Crippen LogP contribution is 2.21. The molecular formula is C11H13ClN4S. The van der Waals surface area contributed by atoms with Crippen LogP contribution in [0.1, 0.15) is 17.7 Å². The van der Waals surface area contributed by atoms with Crippen LogP contribution in [0.3, 0.4) is 0 Å². The molecule has 0 atom stereocenters. The predicted molar refractivity (Wildman–Crippen MR) is 72.1 cm³/mol. The van der Waals surface area contributed by atoms with Gasteiger partial charge in [0.25, 0.3) is 0 Å². The Hall–Kier alpha value is -1.20. The lowest BCUT2D eigenvalue weighted by atomic mass is 10.3. The van der Waals surface area contributed by atoms with Crippen LogP contribution in [-0.2, 0) is 6.54 Å². The molecule has 0 spiro atoms. The minimum absolute atomic E-state index is 0.455. The number of hydrogen-bond acceptors (Lipinski definition) is 4. The molecule has 1 aliphatic rings. The smallest absolute Gasteiger partial charge is 0.183 e. The zero-order chi connectivity index (χ0) is 12.3. The van der Waals surface area contributed by atoms with E-state index in [1.807, 2.05) is 6.08 Å². The highest BCUT2D eigenvalue weighted by molar-refractivity contribution is 7.15. The van der Waals surface area contributed by atoms with Gasteiger partial charge in [0.05, 0.1) is 6.54 Å². The van der Waals surface area contributed by atoms with E-state index in [9.17, 15) is 0 Å². The normalized spacial score (nSPS) is 14.9. The van der Waals surface area contributed by atoms with Crippen LogP contribution in [0.5, 0.6) is 0 Å². The summed E-state index contributed by atoms with van der Waals surface area (Å²) in [4.78, 5) is 11.5. The van der Waals surface area contributed by atoms with Gasteiger partial charge in [0.15, 0.2) is 4.47 Å². The molecule has 4 nitrogen and oxygen atoms in total. The maximum Gasteiger partial charge on any atom is 0.183 e. The van der Waals surface area contributed by atoms with Crippen LogP contribution in [0, 0.1) is 5.41 Å². The maximum absolute atomic E-state index is 7.52. The predicted octanol–water partition coefficient (Wildman–Crippen LogP) is 2.95. The second-order valence-electron chi connectivity index (χ2n) is 3.72. The quantitative estimate of drug-likeness (QED) is 0.854. The van der Waals surface area contributed by atoms with Crippen molar-refractivity contribution < 1.29 is 0 Å². The third-order valence-corrected chi connectivity index (χ3v) is 3.54. The highest BCUT2D eigenvalue weighted by atomic mass is 35.5. The minimum atomic E-state index is 0.455. The molecule has 0 saturated carbocycles. The second-order valence-corrected chi connectivity index (χ2v) is 5.42. The molecule has 0 unspecified atom stereocenters. The molecule has 90 valence electrons. The molecule has 0 amide bonds. The first-order valence-electron chi connectivity index (χ1n) is 5.30. The van der Waals surface area contributed by atoms with Gasteiger partial charge in [0.1, 0.15) is 11.7 Å². The molecular weight excluding hydrogens is 256 g/mol. The summed E-state index contributed by atoms with van der Waals surface area (Å²) >= 11 is 7.28. The minimum Gasteiger partial charge on any atom is -0.351 e. The Bertz CT molecular complexity index is 466. The lowest BCUT2D eigenvalue weighted by Crippen LogP contribution is -2.28. The van der Waals surface area contributed by atoms with Crippen LogP contribution in [0.4, 0.5) is 0 Å². The van der Waals surface area contributed by atoms with E-state index in [1.54, 1.807) is 6.20 Å². The van der Waals surface area contributed by atoms with E-state index in [-0.39, 0.29) is 0 Å². The number of aliphatic imine (C=N–C) groups is 1. The largest absolute Gasteiger partial charge is 0.351 e. The molecule has 1 aromatic rings. The van der Waals surface area contributed by atoms with Gasteiger partial charge in [0, 0.05) is 30.5 Å². The first-order chi connectivity index (χ1) is 8.19. The lowest BCUT2D eigenvalue weighted by Gasteiger charge is -2.21. The summed E-state index contributed by atoms with van der Waals surface area (Å²) in [6.07, 6.45) is 5.18. The number of halogens is 1. The molecule has 1 aliphatic heterocycles. The van der Waals surface area contributed by atoms with E-state index < -0.39 is 0 Å². The Morgan fingerprint density at radius 3 is 2.94 bits per heavy atom. The first kappa shape index (κ1) is 12.3. The average molecular weight is 269 g/mol. The van der Waals surface area contributed by atoms with Crippen molar-refractivity contribution in [1.82, 2.24) is 9.88 Å². The Labute approximate surface area is 109 Å². The molecule has 1 N–H and O–H groups in total. The maximum atomic E-state index is 7.52. The molecule has 0 aliphatic carbocycles. The number of aromatic nitrogens is 1. The third-order valence-electron chi connectivity index (χ3n) is 2.44. The fourth-order valence-corrected chi connectivity index (χ4v) is 2.68. The topological polar surface area (TPSA) is 52.3 Å². The van der Waals surface area contributed by atoms with Crippen LogP contribution in [0.2, 0.25) is 4.47 Å². The van der Waals surface area contributed by atoms with Gasteiger partial charge < -0.3 is 4.90 Å². The third kappa shape index (κ3) is 3.14.